The van der Waals surface area contributed by atoms with Gasteiger partial charge in [0, 0.05) is 32.3 Å². The summed E-state index contributed by atoms with van der Waals surface area (Å²) in [6, 6.07) is 17.4. The van der Waals surface area contributed by atoms with Gasteiger partial charge in [-0.25, -0.2) is 0 Å². The molecule has 0 spiro atoms. The molecule has 0 N–H and O–H groups in total. The van der Waals surface area contributed by atoms with Gasteiger partial charge in [0.15, 0.2) is 0 Å². The molecule has 3 aromatic rings. The molecule has 2 heterocycles. The Balaban J connectivity index is 1.75. The summed E-state index contributed by atoms with van der Waals surface area (Å²) in [5.41, 5.74) is 5.34. The topological polar surface area (TPSA) is 12.5 Å². The minimum absolute atomic E-state index is 0.676. The van der Waals surface area contributed by atoms with E-state index in [4.69, 9.17) is 4.74 Å². The summed E-state index contributed by atoms with van der Waals surface area (Å²) in [7, 11) is 4.15. The molecule has 2 nitrogen and oxygen atoms in total. The van der Waals surface area contributed by atoms with Crippen LogP contribution in [0.15, 0.2) is 63.7 Å². The van der Waals surface area contributed by atoms with E-state index >= 15 is 0 Å². The lowest BCUT2D eigenvalue weighted by Gasteiger charge is -2.11. The number of nitrogens with zero attached hydrogens (tertiary/aromatic N) is 1. The van der Waals surface area contributed by atoms with E-state index in [-0.39, 0.29) is 0 Å². The Bertz CT molecular complexity index is 885. The first kappa shape index (κ1) is 16.9. The van der Waals surface area contributed by atoms with Crippen LogP contribution >= 0.6 is 23.1 Å². The summed E-state index contributed by atoms with van der Waals surface area (Å²) in [6.45, 7) is 2.38. The summed E-state index contributed by atoms with van der Waals surface area (Å²) in [4.78, 5) is 6.11. The number of hydrogen-bond donors (Lipinski definition) is 0. The average Bonchev–Trinajstić information content (AvgIpc) is 2.97. The van der Waals surface area contributed by atoms with Crippen LogP contribution < -0.4 is 0 Å². The molecule has 0 fully saturated rings. The highest BCUT2D eigenvalue weighted by atomic mass is 32.2. The Morgan fingerprint density at radius 3 is 2.32 bits per heavy atom. The van der Waals surface area contributed by atoms with Gasteiger partial charge in [0.2, 0.25) is 0 Å². The van der Waals surface area contributed by atoms with Crippen LogP contribution in [0.5, 0.6) is 0 Å². The second kappa shape index (κ2) is 7.34. The van der Waals surface area contributed by atoms with Crippen molar-refractivity contribution in [3.63, 3.8) is 0 Å². The highest BCUT2D eigenvalue weighted by Gasteiger charge is 2.23. The Kier molecular flexibility index (Phi) is 4.95. The Morgan fingerprint density at radius 2 is 1.56 bits per heavy atom. The molecule has 128 valence electrons. The van der Waals surface area contributed by atoms with E-state index in [0.717, 1.165) is 13.2 Å². The molecule has 0 aliphatic carbocycles. The van der Waals surface area contributed by atoms with E-state index in [1.165, 1.54) is 36.9 Å². The zero-order chi connectivity index (χ0) is 17.2. The second-order valence-electron chi connectivity index (χ2n) is 6.40. The lowest BCUT2D eigenvalue weighted by molar-refractivity contribution is 0.107. The largest absolute Gasteiger partial charge is 0.375 e. The highest BCUT2D eigenvalue weighted by Crippen LogP contribution is 2.50. The average molecular weight is 368 g/mol. The van der Waals surface area contributed by atoms with Crippen LogP contribution in [0.25, 0.3) is 22.3 Å². The van der Waals surface area contributed by atoms with Crippen molar-refractivity contribution >= 4 is 23.1 Å². The van der Waals surface area contributed by atoms with Crippen molar-refractivity contribution in [1.82, 2.24) is 4.90 Å². The quantitative estimate of drug-likeness (QED) is 0.425. The van der Waals surface area contributed by atoms with Gasteiger partial charge < -0.3 is 9.64 Å². The molecule has 0 bridgehead atoms. The van der Waals surface area contributed by atoms with Gasteiger partial charge in [-0.1, -0.05) is 48.2 Å². The van der Waals surface area contributed by atoms with Crippen molar-refractivity contribution in [2.24, 2.45) is 0 Å². The maximum atomic E-state index is 5.96. The summed E-state index contributed by atoms with van der Waals surface area (Å²) in [5, 5.41) is 2.29. The van der Waals surface area contributed by atoms with Gasteiger partial charge in [-0.3, -0.25) is 0 Å². The fraction of sp³-hybridized carbons (Fsp3) is 0.238. The maximum absolute atomic E-state index is 5.96. The highest BCUT2D eigenvalue weighted by molar-refractivity contribution is 7.99. The van der Waals surface area contributed by atoms with E-state index < -0.39 is 0 Å². The van der Waals surface area contributed by atoms with Crippen molar-refractivity contribution < 1.29 is 4.74 Å². The predicted molar refractivity (Wildman–Crippen MR) is 108 cm³/mol. The minimum atomic E-state index is 0.676. The number of thiophene rings is 1. The third-order valence-electron chi connectivity index (χ3n) is 4.34. The van der Waals surface area contributed by atoms with Crippen molar-refractivity contribution in [3.05, 3.63) is 58.8 Å². The Morgan fingerprint density at radius 1 is 0.880 bits per heavy atom. The van der Waals surface area contributed by atoms with Crippen molar-refractivity contribution in [1.29, 1.82) is 0 Å². The number of hydrogen-bond acceptors (Lipinski definition) is 4. The summed E-state index contributed by atoms with van der Waals surface area (Å²) >= 11 is 3.68. The van der Waals surface area contributed by atoms with Crippen LogP contribution in [-0.4, -0.2) is 32.1 Å². The van der Waals surface area contributed by atoms with Gasteiger partial charge in [-0.15, -0.1) is 11.3 Å². The molecule has 25 heavy (non-hydrogen) atoms. The van der Waals surface area contributed by atoms with E-state index in [1.54, 1.807) is 0 Å². The standard InChI is InChI=1S/C21H21NOS2/c1-22(2)11-12-23-13-20-21-16-8-4-6-10-19(16)25-18-9-5-3-7-15(18)17(21)14-24-20/h3-10,14H,11-13H2,1-2H3. The smallest absolute Gasteiger partial charge is 0.0816 e. The first-order valence-electron chi connectivity index (χ1n) is 8.43. The van der Waals surface area contributed by atoms with Crippen LogP contribution in [0, 0.1) is 0 Å². The molecule has 0 unspecified atom stereocenters. The van der Waals surface area contributed by atoms with Gasteiger partial charge in [0.1, 0.15) is 0 Å². The van der Waals surface area contributed by atoms with E-state index in [0.29, 0.717) is 6.61 Å². The molecule has 2 aromatic carbocycles. The Hall–Kier alpha value is -1.59. The number of likely N-dealkylation sites (N-methyl/N-ethyl adjacent to an activating group) is 1. The third-order valence-corrected chi connectivity index (χ3v) is 6.45. The number of benzene rings is 2. The van der Waals surface area contributed by atoms with Gasteiger partial charge in [0.05, 0.1) is 13.2 Å². The SMILES string of the molecule is CN(C)CCOCc1scc2c1-c1ccccc1Sc1ccccc1-2. The first-order valence-corrected chi connectivity index (χ1v) is 10.1. The molecule has 4 rings (SSSR count). The second-order valence-corrected chi connectivity index (χ2v) is 8.45. The molecule has 1 aliphatic rings. The Labute approximate surface area is 157 Å². The molecule has 0 amide bonds. The third kappa shape index (κ3) is 3.40. The predicted octanol–water partition coefficient (Wildman–Crippen LogP) is 5.62. The molecule has 0 atom stereocenters. The molecule has 1 aliphatic heterocycles. The monoisotopic (exact) mass is 367 g/mol. The van der Waals surface area contributed by atoms with Gasteiger partial charge in [-0.2, -0.15) is 0 Å². The van der Waals surface area contributed by atoms with Crippen LogP contribution in [-0.2, 0) is 11.3 Å². The molecular weight excluding hydrogens is 346 g/mol. The maximum Gasteiger partial charge on any atom is 0.0816 e. The fourth-order valence-electron chi connectivity index (χ4n) is 3.07. The van der Waals surface area contributed by atoms with Gasteiger partial charge in [-0.05, 0) is 42.7 Å². The molecule has 0 saturated heterocycles. The minimum Gasteiger partial charge on any atom is -0.375 e. The van der Waals surface area contributed by atoms with Crippen LogP contribution in [0.2, 0.25) is 0 Å². The van der Waals surface area contributed by atoms with E-state index in [2.05, 4.69) is 72.9 Å². The van der Waals surface area contributed by atoms with Gasteiger partial charge >= 0.3 is 0 Å². The number of rotatable bonds is 5. The van der Waals surface area contributed by atoms with Crippen LogP contribution in [0.1, 0.15) is 4.88 Å². The lowest BCUT2D eigenvalue weighted by atomic mass is 9.97. The van der Waals surface area contributed by atoms with Crippen molar-refractivity contribution in [2.45, 2.75) is 16.4 Å². The summed E-state index contributed by atoms with van der Waals surface area (Å²) < 4.78 is 5.96. The number of fused-ring (bicyclic) bond motifs is 5. The van der Waals surface area contributed by atoms with Crippen LogP contribution in [0.3, 0.4) is 0 Å². The molecular formula is C21H21NOS2. The van der Waals surface area contributed by atoms with Crippen LogP contribution in [0.4, 0.5) is 0 Å². The molecule has 0 radical (unpaired) electrons. The molecule has 4 heteroatoms. The van der Waals surface area contributed by atoms with Crippen molar-refractivity contribution in [2.75, 3.05) is 27.2 Å². The van der Waals surface area contributed by atoms with E-state index in [9.17, 15) is 0 Å². The van der Waals surface area contributed by atoms with Crippen molar-refractivity contribution in [3.8, 4) is 22.3 Å². The normalized spacial score (nSPS) is 12.4. The molecule has 0 saturated carbocycles. The summed E-state index contributed by atoms with van der Waals surface area (Å²) in [5.74, 6) is 0. The van der Waals surface area contributed by atoms with E-state index in [1.807, 2.05) is 23.1 Å². The zero-order valence-electron chi connectivity index (χ0n) is 14.5. The first-order chi connectivity index (χ1) is 12.2. The fourth-order valence-corrected chi connectivity index (χ4v) is 5.16. The van der Waals surface area contributed by atoms with Gasteiger partial charge in [0.25, 0.3) is 0 Å². The lowest BCUT2D eigenvalue weighted by Crippen LogP contribution is -2.17. The molecule has 1 aromatic heterocycles. The number of ether oxygens (including phenoxy) is 1. The summed E-state index contributed by atoms with van der Waals surface area (Å²) in [6.07, 6.45) is 0. The zero-order valence-corrected chi connectivity index (χ0v) is 16.1.